The summed E-state index contributed by atoms with van der Waals surface area (Å²) in [6, 6.07) is 5.22. The maximum Gasteiger partial charge on any atom is 0.251 e. The third kappa shape index (κ3) is 2.94. The molecule has 6 heteroatoms. The Balaban J connectivity index is 2.14. The summed E-state index contributed by atoms with van der Waals surface area (Å²) < 4.78 is 5.68. The van der Waals surface area contributed by atoms with E-state index in [0.29, 0.717) is 22.0 Å². The zero-order valence-electron chi connectivity index (χ0n) is 9.78. The molecule has 0 aliphatic carbocycles. The molecule has 0 saturated carbocycles. The van der Waals surface area contributed by atoms with Gasteiger partial charge in [-0.3, -0.25) is 4.79 Å². The summed E-state index contributed by atoms with van der Waals surface area (Å²) in [5.41, 5.74) is 0.626. The van der Waals surface area contributed by atoms with Gasteiger partial charge in [-0.25, -0.2) is 0 Å². The van der Waals surface area contributed by atoms with Gasteiger partial charge >= 0.3 is 0 Å². The first-order chi connectivity index (χ1) is 8.63. The van der Waals surface area contributed by atoms with Crippen LogP contribution in [-0.4, -0.2) is 24.0 Å². The van der Waals surface area contributed by atoms with Crippen LogP contribution in [-0.2, 0) is 9.53 Å². The van der Waals surface area contributed by atoms with Gasteiger partial charge in [0, 0.05) is 15.6 Å². The number of hydrogen-bond donors (Lipinski definition) is 1. The molecule has 1 aliphatic heterocycles. The standard InChI is InChI=1S/C12H13Cl2NO2S/c1-18-6-5-9-11(16)15-12(17-9)10-7(13)3-2-4-8(10)14/h2-4,9,12H,5-6H2,1H3,(H,15,16). The highest BCUT2D eigenvalue weighted by molar-refractivity contribution is 7.98. The molecule has 1 aromatic rings. The Morgan fingerprint density at radius 3 is 2.67 bits per heavy atom. The van der Waals surface area contributed by atoms with E-state index in [1.807, 2.05) is 6.26 Å². The Labute approximate surface area is 120 Å². The predicted octanol–water partition coefficient (Wildman–Crippen LogP) is 3.26. The van der Waals surface area contributed by atoms with Crippen LogP contribution in [0.25, 0.3) is 0 Å². The molecule has 1 aliphatic rings. The van der Waals surface area contributed by atoms with Gasteiger partial charge in [0.25, 0.3) is 5.91 Å². The van der Waals surface area contributed by atoms with E-state index < -0.39 is 12.3 Å². The molecule has 0 spiro atoms. The molecule has 0 radical (unpaired) electrons. The van der Waals surface area contributed by atoms with Crippen molar-refractivity contribution < 1.29 is 9.53 Å². The molecule has 1 aromatic carbocycles. The highest BCUT2D eigenvalue weighted by Crippen LogP contribution is 2.34. The molecule has 1 fully saturated rings. The third-order valence-corrected chi connectivity index (χ3v) is 4.02. The minimum atomic E-state index is -0.550. The van der Waals surface area contributed by atoms with Crippen LogP contribution in [0.5, 0.6) is 0 Å². The van der Waals surface area contributed by atoms with Crippen molar-refractivity contribution in [1.29, 1.82) is 0 Å². The van der Waals surface area contributed by atoms with Gasteiger partial charge < -0.3 is 10.1 Å². The first-order valence-electron chi connectivity index (χ1n) is 5.52. The Morgan fingerprint density at radius 2 is 2.06 bits per heavy atom. The molecule has 98 valence electrons. The summed E-state index contributed by atoms with van der Waals surface area (Å²) in [7, 11) is 0. The number of amides is 1. The van der Waals surface area contributed by atoms with Gasteiger partial charge in [-0.1, -0.05) is 29.3 Å². The molecule has 0 aromatic heterocycles. The van der Waals surface area contributed by atoms with Crippen molar-refractivity contribution in [2.75, 3.05) is 12.0 Å². The van der Waals surface area contributed by atoms with E-state index in [4.69, 9.17) is 27.9 Å². The van der Waals surface area contributed by atoms with Crippen molar-refractivity contribution >= 4 is 40.9 Å². The monoisotopic (exact) mass is 305 g/mol. The minimum absolute atomic E-state index is 0.106. The van der Waals surface area contributed by atoms with Gasteiger partial charge in [-0.05, 0) is 30.6 Å². The zero-order chi connectivity index (χ0) is 13.1. The van der Waals surface area contributed by atoms with Crippen molar-refractivity contribution in [3.05, 3.63) is 33.8 Å². The molecular weight excluding hydrogens is 293 g/mol. The molecule has 0 bridgehead atoms. The minimum Gasteiger partial charge on any atom is -0.341 e. The maximum absolute atomic E-state index is 11.8. The van der Waals surface area contributed by atoms with Crippen molar-refractivity contribution in [2.45, 2.75) is 18.8 Å². The van der Waals surface area contributed by atoms with E-state index in [2.05, 4.69) is 5.32 Å². The van der Waals surface area contributed by atoms with Gasteiger partial charge in [-0.15, -0.1) is 0 Å². The SMILES string of the molecule is CSCCC1OC(c2c(Cl)cccc2Cl)NC1=O. The van der Waals surface area contributed by atoms with Crippen LogP contribution in [0.3, 0.4) is 0 Å². The van der Waals surface area contributed by atoms with Crippen molar-refractivity contribution in [3.63, 3.8) is 0 Å². The molecule has 1 N–H and O–H groups in total. The fourth-order valence-electron chi connectivity index (χ4n) is 1.81. The van der Waals surface area contributed by atoms with Crippen LogP contribution in [0.4, 0.5) is 0 Å². The van der Waals surface area contributed by atoms with Crippen LogP contribution >= 0.6 is 35.0 Å². The second-order valence-electron chi connectivity index (χ2n) is 3.93. The van der Waals surface area contributed by atoms with Crippen LogP contribution in [0.1, 0.15) is 18.2 Å². The van der Waals surface area contributed by atoms with Crippen molar-refractivity contribution in [3.8, 4) is 0 Å². The van der Waals surface area contributed by atoms with Crippen molar-refractivity contribution in [2.24, 2.45) is 0 Å². The number of halogens is 2. The molecular formula is C12H13Cl2NO2S. The Morgan fingerprint density at radius 1 is 1.39 bits per heavy atom. The van der Waals surface area contributed by atoms with E-state index in [9.17, 15) is 4.79 Å². The van der Waals surface area contributed by atoms with Crippen LogP contribution in [0.15, 0.2) is 18.2 Å². The van der Waals surface area contributed by atoms with Gasteiger partial charge in [0.05, 0.1) is 0 Å². The molecule has 2 unspecified atom stereocenters. The highest BCUT2D eigenvalue weighted by Gasteiger charge is 2.35. The first kappa shape index (κ1) is 14.0. The molecule has 18 heavy (non-hydrogen) atoms. The predicted molar refractivity (Wildman–Crippen MR) is 75.2 cm³/mol. The lowest BCUT2D eigenvalue weighted by Crippen LogP contribution is -2.24. The van der Waals surface area contributed by atoms with Crippen molar-refractivity contribution in [1.82, 2.24) is 5.32 Å². The topological polar surface area (TPSA) is 38.3 Å². The summed E-state index contributed by atoms with van der Waals surface area (Å²) in [6.07, 6.45) is 1.71. The van der Waals surface area contributed by atoms with E-state index in [-0.39, 0.29) is 5.91 Å². The second kappa shape index (κ2) is 6.15. The lowest BCUT2D eigenvalue weighted by molar-refractivity contribution is -0.123. The molecule has 2 atom stereocenters. The van der Waals surface area contributed by atoms with E-state index in [0.717, 1.165) is 5.75 Å². The van der Waals surface area contributed by atoms with E-state index in [1.54, 1.807) is 30.0 Å². The lowest BCUT2D eigenvalue weighted by Gasteiger charge is -2.14. The summed E-state index contributed by atoms with van der Waals surface area (Å²) in [4.78, 5) is 11.8. The van der Waals surface area contributed by atoms with Gasteiger partial charge in [0.1, 0.15) is 6.10 Å². The third-order valence-electron chi connectivity index (χ3n) is 2.71. The van der Waals surface area contributed by atoms with Gasteiger partial charge in [-0.2, -0.15) is 11.8 Å². The average molecular weight is 306 g/mol. The Hall–Kier alpha value is -0.420. The van der Waals surface area contributed by atoms with E-state index in [1.165, 1.54) is 0 Å². The summed E-state index contributed by atoms with van der Waals surface area (Å²) in [5, 5.41) is 3.77. The molecule has 1 amide bonds. The Kier molecular flexibility index (Phi) is 4.78. The summed E-state index contributed by atoms with van der Waals surface area (Å²) in [5.74, 6) is 0.770. The summed E-state index contributed by atoms with van der Waals surface area (Å²) >= 11 is 13.9. The van der Waals surface area contributed by atoms with Crippen LogP contribution in [0, 0.1) is 0 Å². The number of hydrogen-bond acceptors (Lipinski definition) is 3. The van der Waals surface area contributed by atoms with Crippen LogP contribution < -0.4 is 5.32 Å². The van der Waals surface area contributed by atoms with Gasteiger partial charge in [0.15, 0.2) is 6.23 Å². The quantitative estimate of drug-likeness (QED) is 0.928. The highest BCUT2D eigenvalue weighted by atomic mass is 35.5. The smallest absolute Gasteiger partial charge is 0.251 e. The second-order valence-corrected chi connectivity index (χ2v) is 5.73. The van der Waals surface area contributed by atoms with E-state index >= 15 is 0 Å². The number of nitrogens with one attached hydrogen (secondary N) is 1. The number of rotatable bonds is 4. The summed E-state index contributed by atoms with van der Waals surface area (Å²) in [6.45, 7) is 0. The molecule has 3 nitrogen and oxygen atoms in total. The maximum atomic E-state index is 11.8. The first-order valence-corrected chi connectivity index (χ1v) is 7.67. The number of thioether (sulfide) groups is 1. The number of benzene rings is 1. The fourth-order valence-corrected chi connectivity index (χ4v) is 2.85. The van der Waals surface area contributed by atoms with Gasteiger partial charge in [0.2, 0.25) is 0 Å². The zero-order valence-corrected chi connectivity index (χ0v) is 12.1. The largest absolute Gasteiger partial charge is 0.341 e. The fraction of sp³-hybridized carbons (Fsp3) is 0.417. The molecule has 1 heterocycles. The number of carbonyl (C=O) groups excluding carboxylic acids is 1. The average Bonchev–Trinajstić information content (AvgIpc) is 2.67. The molecule has 1 saturated heterocycles. The normalized spacial score (nSPS) is 23.2. The Bertz CT molecular complexity index is 435. The number of carbonyl (C=O) groups is 1. The van der Waals surface area contributed by atoms with Crippen LogP contribution in [0.2, 0.25) is 10.0 Å². The molecule has 2 rings (SSSR count). The lowest BCUT2D eigenvalue weighted by atomic mass is 10.2. The number of ether oxygens (including phenoxy) is 1.